The van der Waals surface area contributed by atoms with Crippen molar-refractivity contribution in [3.63, 3.8) is 0 Å². The van der Waals surface area contributed by atoms with Crippen LogP contribution < -0.4 is 10.1 Å². The lowest BCUT2D eigenvalue weighted by Crippen LogP contribution is -2.28. The van der Waals surface area contributed by atoms with Crippen molar-refractivity contribution in [2.45, 2.75) is 45.8 Å². The van der Waals surface area contributed by atoms with Crippen molar-refractivity contribution in [2.75, 3.05) is 21.2 Å². The molecule has 1 rings (SSSR count). The third kappa shape index (κ3) is 4.84. The van der Waals surface area contributed by atoms with Gasteiger partial charge in [-0.15, -0.1) is 0 Å². The van der Waals surface area contributed by atoms with Crippen LogP contribution >= 0.6 is 0 Å². The first kappa shape index (κ1) is 16.0. The van der Waals surface area contributed by atoms with E-state index in [1.54, 1.807) is 7.11 Å². The summed E-state index contributed by atoms with van der Waals surface area (Å²) >= 11 is 0. The average molecular weight is 264 g/mol. The van der Waals surface area contributed by atoms with E-state index in [1.807, 2.05) is 7.05 Å². The Bertz CT molecular complexity index is 379. The summed E-state index contributed by atoms with van der Waals surface area (Å²) in [6.07, 6.45) is 2.46. The van der Waals surface area contributed by atoms with Crippen LogP contribution in [0.15, 0.2) is 18.2 Å². The van der Waals surface area contributed by atoms with Crippen LogP contribution in [0.2, 0.25) is 0 Å². The minimum Gasteiger partial charge on any atom is -0.496 e. The van der Waals surface area contributed by atoms with Crippen LogP contribution in [0.1, 0.15) is 37.8 Å². The van der Waals surface area contributed by atoms with Crippen molar-refractivity contribution in [3.05, 3.63) is 29.3 Å². The van der Waals surface area contributed by atoms with Crippen molar-refractivity contribution in [2.24, 2.45) is 0 Å². The van der Waals surface area contributed by atoms with Gasteiger partial charge in [-0.1, -0.05) is 19.4 Å². The molecule has 0 saturated carbocycles. The van der Waals surface area contributed by atoms with E-state index >= 15 is 0 Å². The minimum absolute atomic E-state index is 0.600. The van der Waals surface area contributed by atoms with Crippen molar-refractivity contribution >= 4 is 0 Å². The first-order chi connectivity index (χ1) is 9.12. The lowest BCUT2D eigenvalue weighted by molar-refractivity contribution is 0.233. The van der Waals surface area contributed by atoms with Gasteiger partial charge >= 0.3 is 0 Å². The highest BCUT2D eigenvalue weighted by atomic mass is 16.5. The van der Waals surface area contributed by atoms with Gasteiger partial charge in [0.2, 0.25) is 0 Å². The zero-order chi connectivity index (χ0) is 14.3. The quantitative estimate of drug-likeness (QED) is 0.781. The molecule has 0 spiro atoms. The summed E-state index contributed by atoms with van der Waals surface area (Å²) in [4.78, 5) is 2.39. The molecule has 1 aromatic rings. The molecule has 3 nitrogen and oxygen atoms in total. The molecular formula is C16H28N2O. The summed E-state index contributed by atoms with van der Waals surface area (Å²) in [6, 6.07) is 7.03. The number of benzene rings is 1. The zero-order valence-corrected chi connectivity index (χ0v) is 13.0. The Morgan fingerprint density at radius 3 is 2.68 bits per heavy atom. The van der Waals surface area contributed by atoms with E-state index < -0.39 is 0 Å². The van der Waals surface area contributed by atoms with Gasteiger partial charge in [0.05, 0.1) is 7.11 Å². The van der Waals surface area contributed by atoms with E-state index in [0.717, 1.165) is 18.8 Å². The second-order valence-electron chi connectivity index (χ2n) is 5.23. The van der Waals surface area contributed by atoms with Gasteiger partial charge in [0, 0.05) is 24.7 Å². The molecule has 0 aromatic heterocycles. The molecule has 1 aromatic carbocycles. The highest BCUT2D eigenvalue weighted by molar-refractivity contribution is 5.37. The fourth-order valence-corrected chi connectivity index (χ4v) is 2.33. The Morgan fingerprint density at radius 1 is 1.37 bits per heavy atom. The molecule has 0 fully saturated rings. The first-order valence-electron chi connectivity index (χ1n) is 7.13. The van der Waals surface area contributed by atoms with Crippen molar-refractivity contribution in [1.82, 2.24) is 10.2 Å². The Morgan fingerprint density at radius 2 is 2.11 bits per heavy atom. The second-order valence-corrected chi connectivity index (χ2v) is 5.23. The van der Waals surface area contributed by atoms with Gasteiger partial charge in [-0.3, -0.25) is 4.90 Å². The van der Waals surface area contributed by atoms with Crippen LogP contribution in [0, 0.1) is 0 Å². The molecule has 0 bridgehead atoms. The SMILES string of the molecule is CCCC(C)N(C)Cc1cc(CNC)ccc1OC. The van der Waals surface area contributed by atoms with E-state index in [4.69, 9.17) is 4.74 Å². The maximum absolute atomic E-state index is 5.47. The van der Waals surface area contributed by atoms with Crippen molar-refractivity contribution in [3.8, 4) is 5.75 Å². The predicted molar refractivity (Wildman–Crippen MR) is 81.6 cm³/mol. The van der Waals surface area contributed by atoms with Crippen LogP contribution in [-0.4, -0.2) is 32.1 Å². The van der Waals surface area contributed by atoms with Gasteiger partial charge in [-0.25, -0.2) is 0 Å². The minimum atomic E-state index is 0.600. The third-order valence-electron chi connectivity index (χ3n) is 3.60. The Hall–Kier alpha value is -1.06. The van der Waals surface area contributed by atoms with E-state index in [1.165, 1.54) is 24.0 Å². The van der Waals surface area contributed by atoms with Crippen LogP contribution in [0.25, 0.3) is 0 Å². The van der Waals surface area contributed by atoms with E-state index in [2.05, 4.69) is 49.3 Å². The largest absolute Gasteiger partial charge is 0.496 e. The van der Waals surface area contributed by atoms with E-state index in [-0.39, 0.29) is 0 Å². The molecule has 0 aliphatic rings. The number of methoxy groups -OCH3 is 1. The summed E-state index contributed by atoms with van der Waals surface area (Å²) in [6.45, 7) is 6.35. The Balaban J connectivity index is 2.81. The summed E-state index contributed by atoms with van der Waals surface area (Å²) in [7, 11) is 5.90. The summed E-state index contributed by atoms with van der Waals surface area (Å²) < 4.78 is 5.47. The van der Waals surface area contributed by atoms with Gasteiger partial charge in [0.25, 0.3) is 0 Å². The fourth-order valence-electron chi connectivity index (χ4n) is 2.33. The molecule has 0 saturated heterocycles. The lowest BCUT2D eigenvalue weighted by atomic mass is 10.1. The van der Waals surface area contributed by atoms with Gasteiger partial charge in [-0.2, -0.15) is 0 Å². The molecule has 19 heavy (non-hydrogen) atoms. The van der Waals surface area contributed by atoms with Crippen molar-refractivity contribution < 1.29 is 4.74 Å². The van der Waals surface area contributed by atoms with Crippen LogP contribution in [0.3, 0.4) is 0 Å². The molecule has 1 atom stereocenters. The molecule has 0 aliphatic carbocycles. The molecule has 0 heterocycles. The van der Waals surface area contributed by atoms with Crippen LogP contribution in [0.5, 0.6) is 5.75 Å². The molecule has 0 aliphatic heterocycles. The predicted octanol–water partition coefficient (Wildman–Crippen LogP) is 3.04. The molecule has 108 valence electrons. The number of nitrogens with zero attached hydrogens (tertiary/aromatic N) is 1. The molecule has 3 heteroatoms. The van der Waals surface area contributed by atoms with Crippen LogP contribution in [-0.2, 0) is 13.1 Å². The molecule has 0 radical (unpaired) electrons. The molecule has 1 N–H and O–H groups in total. The number of ether oxygens (including phenoxy) is 1. The van der Waals surface area contributed by atoms with Gasteiger partial charge in [-0.05, 0) is 45.1 Å². The maximum atomic E-state index is 5.47. The fraction of sp³-hybridized carbons (Fsp3) is 0.625. The normalized spacial score (nSPS) is 12.7. The van der Waals surface area contributed by atoms with Crippen LogP contribution in [0.4, 0.5) is 0 Å². The second kappa shape index (κ2) is 8.18. The first-order valence-corrected chi connectivity index (χ1v) is 7.13. The Labute approximate surface area is 118 Å². The number of nitrogens with one attached hydrogen (secondary N) is 1. The maximum Gasteiger partial charge on any atom is 0.123 e. The summed E-state index contributed by atoms with van der Waals surface area (Å²) in [5.74, 6) is 0.982. The molecule has 1 unspecified atom stereocenters. The summed E-state index contributed by atoms with van der Waals surface area (Å²) in [5, 5.41) is 3.19. The number of hydrogen-bond donors (Lipinski definition) is 1. The lowest BCUT2D eigenvalue weighted by Gasteiger charge is -2.25. The number of hydrogen-bond acceptors (Lipinski definition) is 3. The molecule has 0 amide bonds. The van der Waals surface area contributed by atoms with Crippen molar-refractivity contribution in [1.29, 1.82) is 0 Å². The van der Waals surface area contributed by atoms with Gasteiger partial charge < -0.3 is 10.1 Å². The average Bonchev–Trinajstić information content (AvgIpc) is 2.39. The number of rotatable bonds is 8. The van der Waals surface area contributed by atoms with Gasteiger partial charge in [0.1, 0.15) is 5.75 Å². The standard InChI is InChI=1S/C16H28N2O/c1-6-7-13(2)18(4)12-15-10-14(11-17-3)8-9-16(15)19-5/h8-10,13,17H,6-7,11-12H2,1-5H3. The van der Waals surface area contributed by atoms with E-state index in [0.29, 0.717) is 6.04 Å². The highest BCUT2D eigenvalue weighted by Gasteiger charge is 2.12. The summed E-state index contributed by atoms with van der Waals surface area (Å²) in [5.41, 5.74) is 2.57. The third-order valence-corrected chi connectivity index (χ3v) is 3.60. The Kier molecular flexibility index (Phi) is 6.89. The van der Waals surface area contributed by atoms with Gasteiger partial charge in [0.15, 0.2) is 0 Å². The topological polar surface area (TPSA) is 24.5 Å². The van der Waals surface area contributed by atoms with E-state index in [9.17, 15) is 0 Å². The highest BCUT2D eigenvalue weighted by Crippen LogP contribution is 2.22. The molecular weight excluding hydrogens is 236 g/mol. The zero-order valence-electron chi connectivity index (χ0n) is 13.0. The monoisotopic (exact) mass is 264 g/mol. The smallest absolute Gasteiger partial charge is 0.123 e.